The van der Waals surface area contributed by atoms with E-state index < -0.39 is 0 Å². The first-order valence-electron chi connectivity index (χ1n) is 4.41. The van der Waals surface area contributed by atoms with E-state index in [1.807, 2.05) is 32.2 Å². The van der Waals surface area contributed by atoms with Crippen LogP contribution in [0.2, 0.25) is 0 Å². The van der Waals surface area contributed by atoms with Gasteiger partial charge in [0.05, 0.1) is 5.69 Å². The fraction of sp³-hybridized carbons (Fsp3) is 0.400. The van der Waals surface area contributed by atoms with Gasteiger partial charge in [-0.25, -0.2) is 0 Å². The SMILES string of the molecule is Cc1ccc(C2=NOC(C)C2)nc1. The third-order valence-electron chi connectivity index (χ3n) is 2.03. The maximum absolute atomic E-state index is 5.10. The van der Waals surface area contributed by atoms with Crippen molar-refractivity contribution in [2.45, 2.75) is 26.4 Å². The van der Waals surface area contributed by atoms with E-state index in [1.165, 1.54) is 0 Å². The van der Waals surface area contributed by atoms with Crippen LogP contribution in [-0.2, 0) is 4.84 Å². The first kappa shape index (κ1) is 8.23. The standard InChI is InChI=1S/C10H12N2O/c1-7-3-4-9(11-6-7)10-5-8(2)13-12-10/h3-4,6,8H,5H2,1-2H3. The monoisotopic (exact) mass is 176 g/mol. The molecule has 0 radical (unpaired) electrons. The largest absolute Gasteiger partial charge is 0.392 e. The van der Waals surface area contributed by atoms with Crippen molar-refractivity contribution in [3.05, 3.63) is 29.6 Å². The molecule has 1 aliphatic rings. The zero-order valence-electron chi connectivity index (χ0n) is 7.82. The van der Waals surface area contributed by atoms with Crippen molar-refractivity contribution in [1.82, 2.24) is 4.98 Å². The molecule has 0 N–H and O–H groups in total. The lowest BCUT2D eigenvalue weighted by Gasteiger charge is -1.98. The minimum atomic E-state index is 0.193. The lowest BCUT2D eigenvalue weighted by Crippen LogP contribution is -2.04. The van der Waals surface area contributed by atoms with Gasteiger partial charge in [-0.15, -0.1) is 0 Å². The van der Waals surface area contributed by atoms with E-state index in [0.717, 1.165) is 23.4 Å². The van der Waals surface area contributed by atoms with Gasteiger partial charge in [0.1, 0.15) is 11.8 Å². The van der Waals surface area contributed by atoms with Crippen molar-refractivity contribution < 1.29 is 4.84 Å². The Morgan fingerprint density at radius 3 is 2.85 bits per heavy atom. The van der Waals surface area contributed by atoms with E-state index in [9.17, 15) is 0 Å². The molecule has 2 heterocycles. The van der Waals surface area contributed by atoms with Crippen LogP contribution in [0.1, 0.15) is 24.6 Å². The highest BCUT2D eigenvalue weighted by molar-refractivity contribution is 5.99. The summed E-state index contributed by atoms with van der Waals surface area (Å²) in [4.78, 5) is 9.38. The van der Waals surface area contributed by atoms with Crippen molar-refractivity contribution in [2.24, 2.45) is 5.16 Å². The third kappa shape index (κ3) is 1.69. The second-order valence-corrected chi connectivity index (χ2v) is 3.38. The number of rotatable bonds is 1. The van der Waals surface area contributed by atoms with Gasteiger partial charge in [0.15, 0.2) is 0 Å². The van der Waals surface area contributed by atoms with Gasteiger partial charge in [-0.2, -0.15) is 0 Å². The second-order valence-electron chi connectivity index (χ2n) is 3.38. The minimum Gasteiger partial charge on any atom is -0.392 e. The summed E-state index contributed by atoms with van der Waals surface area (Å²) in [6.45, 7) is 4.02. The van der Waals surface area contributed by atoms with Gasteiger partial charge in [-0.05, 0) is 25.5 Å². The van der Waals surface area contributed by atoms with Crippen molar-refractivity contribution in [3.63, 3.8) is 0 Å². The highest BCUT2D eigenvalue weighted by atomic mass is 16.6. The molecule has 2 rings (SSSR count). The number of hydrogen-bond acceptors (Lipinski definition) is 3. The van der Waals surface area contributed by atoms with Gasteiger partial charge in [-0.1, -0.05) is 11.2 Å². The summed E-state index contributed by atoms with van der Waals surface area (Å²) < 4.78 is 0. The van der Waals surface area contributed by atoms with Gasteiger partial charge >= 0.3 is 0 Å². The molecule has 68 valence electrons. The highest BCUT2D eigenvalue weighted by Gasteiger charge is 2.18. The van der Waals surface area contributed by atoms with E-state index in [-0.39, 0.29) is 6.10 Å². The molecule has 1 aromatic rings. The molecule has 0 aliphatic carbocycles. The zero-order valence-corrected chi connectivity index (χ0v) is 7.82. The molecule has 3 heteroatoms. The number of nitrogens with zero attached hydrogens (tertiary/aromatic N) is 2. The van der Waals surface area contributed by atoms with Crippen molar-refractivity contribution in [2.75, 3.05) is 0 Å². The fourth-order valence-electron chi connectivity index (χ4n) is 1.29. The summed E-state index contributed by atoms with van der Waals surface area (Å²) in [7, 11) is 0. The van der Waals surface area contributed by atoms with Crippen LogP contribution in [0.15, 0.2) is 23.5 Å². The normalized spacial score (nSPS) is 21.1. The molecule has 1 aliphatic heterocycles. The van der Waals surface area contributed by atoms with E-state index in [2.05, 4.69) is 10.1 Å². The van der Waals surface area contributed by atoms with Crippen LogP contribution in [0.25, 0.3) is 0 Å². The Hall–Kier alpha value is -1.38. The number of oxime groups is 1. The van der Waals surface area contributed by atoms with Gasteiger partial charge < -0.3 is 4.84 Å². The number of aromatic nitrogens is 1. The Labute approximate surface area is 77.4 Å². The fourth-order valence-corrected chi connectivity index (χ4v) is 1.29. The highest BCUT2D eigenvalue weighted by Crippen LogP contribution is 2.14. The predicted octanol–water partition coefficient (Wildman–Crippen LogP) is 1.90. The summed E-state index contributed by atoms with van der Waals surface area (Å²) in [5.41, 5.74) is 3.04. The number of pyridine rings is 1. The summed E-state index contributed by atoms with van der Waals surface area (Å²) >= 11 is 0. The van der Waals surface area contributed by atoms with Crippen LogP contribution in [0, 0.1) is 6.92 Å². The van der Waals surface area contributed by atoms with Crippen molar-refractivity contribution in [1.29, 1.82) is 0 Å². The first-order valence-corrected chi connectivity index (χ1v) is 4.41. The third-order valence-corrected chi connectivity index (χ3v) is 2.03. The molecule has 0 fully saturated rings. The minimum absolute atomic E-state index is 0.193. The Balaban J connectivity index is 2.22. The molecule has 0 amide bonds. The van der Waals surface area contributed by atoms with Crippen molar-refractivity contribution in [3.8, 4) is 0 Å². The maximum Gasteiger partial charge on any atom is 0.130 e. The molecule has 0 saturated heterocycles. The predicted molar refractivity (Wildman–Crippen MR) is 50.7 cm³/mol. The molecule has 1 unspecified atom stereocenters. The summed E-state index contributed by atoms with van der Waals surface area (Å²) in [6, 6.07) is 4.02. The quantitative estimate of drug-likeness (QED) is 0.655. The number of aryl methyl sites for hydroxylation is 1. The Morgan fingerprint density at radius 1 is 1.46 bits per heavy atom. The molecule has 1 atom stereocenters. The Bertz CT molecular complexity index is 329. The second kappa shape index (κ2) is 3.17. The van der Waals surface area contributed by atoms with Crippen LogP contribution in [0.4, 0.5) is 0 Å². The van der Waals surface area contributed by atoms with E-state index >= 15 is 0 Å². The Morgan fingerprint density at radius 2 is 2.31 bits per heavy atom. The lowest BCUT2D eigenvalue weighted by molar-refractivity contribution is 0.0995. The maximum atomic E-state index is 5.10. The topological polar surface area (TPSA) is 34.5 Å². The van der Waals surface area contributed by atoms with E-state index in [1.54, 1.807) is 0 Å². The molecule has 1 aromatic heterocycles. The molecule has 0 saturated carbocycles. The Kier molecular flexibility index (Phi) is 2.00. The van der Waals surface area contributed by atoms with Gasteiger partial charge in [0, 0.05) is 12.6 Å². The van der Waals surface area contributed by atoms with Crippen LogP contribution in [0.3, 0.4) is 0 Å². The van der Waals surface area contributed by atoms with E-state index in [4.69, 9.17) is 4.84 Å². The van der Waals surface area contributed by atoms with Crippen LogP contribution >= 0.6 is 0 Å². The molecule has 3 nitrogen and oxygen atoms in total. The zero-order chi connectivity index (χ0) is 9.26. The van der Waals surface area contributed by atoms with Crippen molar-refractivity contribution >= 4 is 5.71 Å². The van der Waals surface area contributed by atoms with Gasteiger partial charge in [0.2, 0.25) is 0 Å². The number of hydrogen-bond donors (Lipinski definition) is 0. The lowest BCUT2D eigenvalue weighted by atomic mass is 10.1. The molecule has 0 bridgehead atoms. The van der Waals surface area contributed by atoms with Crippen LogP contribution < -0.4 is 0 Å². The van der Waals surface area contributed by atoms with Crippen LogP contribution in [0.5, 0.6) is 0 Å². The smallest absolute Gasteiger partial charge is 0.130 e. The van der Waals surface area contributed by atoms with Gasteiger partial charge in [-0.3, -0.25) is 4.98 Å². The first-order chi connectivity index (χ1) is 6.25. The average molecular weight is 176 g/mol. The van der Waals surface area contributed by atoms with E-state index in [0.29, 0.717) is 0 Å². The van der Waals surface area contributed by atoms with Crippen LogP contribution in [-0.4, -0.2) is 16.8 Å². The molecular formula is C10H12N2O. The average Bonchev–Trinajstić information content (AvgIpc) is 2.53. The molecule has 13 heavy (non-hydrogen) atoms. The summed E-state index contributed by atoms with van der Waals surface area (Å²) in [5, 5.41) is 3.97. The molecule has 0 aromatic carbocycles. The molecular weight excluding hydrogens is 164 g/mol. The summed E-state index contributed by atoms with van der Waals surface area (Å²) in [6.07, 6.45) is 2.90. The summed E-state index contributed by atoms with van der Waals surface area (Å²) in [5.74, 6) is 0. The van der Waals surface area contributed by atoms with Gasteiger partial charge in [0.25, 0.3) is 0 Å². The molecule has 0 spiro atoms.